The van der Waals surface area contributed by atoms with Gasteiger partial charge in [0.05, 0.1) is 16.6 Å². The Morgan fingerprint density at radius 1 is 1.19 bits per heavy atom. The van der Waals surface area contributed by atoms with Gasteiger partial charge in [0.1, 0.15) is 6.33 Å². The van der Waals surface area contributed by atoms with E-state index in [4.69, 9.17) is 0 Å². The summed E-state index contributed by atoms with van der Waals surface area (Å²) in [5.74, 6) is -0.0938. The number of aryl methyl sites for hydroxylation is 2. The smallest absolute Gasteiger partial charge is 0.265 e. The third kappa shape index (κ3) is 5.32. The molecule has 1 amide bonds. The Hall–Kier alpha value is -2.70. The molecule has 0 atom stereocenters. The number of nitrogens with zero attached hydrogens (tertiary/aromatic N) is 3. The van der Waals surface area contributed by atoms with Gasteiger partial charge in [-0.2, -0.15) is 0 Å². The summed E-state index contributed by atoms with van der Waals surface area (Å²) in [5.41, 5.74) is 3.88. The van der Waals surface area contributed by atoms with Crippen LogP contribution in [0.15, 0.2) is 47.5 Å². The highest BCUT2D eigenvalue weighted by atomic mass is 35.5. The summed E-state index contributed by atoms with van der Waals surface area (Å²) in [7, 11) is 4.12. The maximum absolute atomic E-state index is 13.3. The number of carbonyl (C=O) groups is 1. The monoisotopic (exact) mass is 440 g/mol. The zero-order valence-corrected chi connectivity index (χ0v) is 19.0. The number of aromatic nitrogens is 2. The summed E-state index contributed by atoms with van der Waals surface area (Å²) in [6.45, 7) is 2.94. The number of amides is 1. The van der Waals surface area contributed by atoms with Gasteiger partial charge in [-0.3, -0.25) is 14.2 Å². The molecule has 1 aromatic heterocycles. The van der Waals surface area contributed by atoms with Crippen LogP contribution in [0.1, 0.15) is 40.7 Å². The summed E-state index contributed by atoms with van der Waals surface area (Å²) in [6, 6.07) is 11.7. The van der Waals surface area contributed by atoms with Gasteiger partial charge in [0.15, 0.2) is 0 Å². The number of carbonyl (C=O) groups excluding carboxylic acids is 1. The van der Waals surface area contributed by atoms with Crippen molar-refractivity contribution in [1.29, 1.82) is 0 Å². The molecule has 1 heterocycles. The second kappa shape index (κ2) is 9.62. The minimum Gasteiger partial charge on any atom is -0.349 e. The van der Waals surface area contributed by atoms with E-state index in [2.05, 4.69) is 29.3 Å². The number of hydrogen-bond acceptors (Lipinski definition) is 4. The molecule has 0 bridgehead atoms. The highest BCUT2D eigenvalue weighted by Crippen LogP contribution is 2.21. The average molecular weight is 441 g/mol. The number of benzene rings is 2. The zero-order valence-electron chi connectivity index (χ0n) is 18.2. The van der Waals surface area contributed by atoms with Gasteiger partial charge in [-0.15, -0.1) is 12.4 Å². The van der Waals surface area contributed by atoms with Gasteiger partial charge in [0, 0.05) is 11.6 Å². The molecule has 1 aliphatic carbocycles. The van der Waals surface area contributed by atoms with Crippen molar-refractivity contribution in [2.75, 3.05) is 20.6 Å². The number of nitrogens with one attached hydrogen (secondary N) is 1. The molecular weight excluding hydrogens is 412 g/mol. The predicted molar refractivity (Wildman–Crippen MR) is 127 cm³/mol. The van der Waals surface area contributed by atoms with Crippen molar-refractivity contribution < 1.29 is 4.79 Å². The van der Waals surface area contributed by atoms with Gasteiger partial charge in [-0.1, -0.05) is 12.1 Å². The van der Waals surface area contributed by atoms with Crippen LogP contribution < -0.4 is 10.9 Å². The molecule has 6 nitrogen and oxygen atoms in total. The fraction of sp³-hybridized carbons (Fsp3) is 0.375. The number of halogens is 1. The van der Waals surface area contributed by atoms with Gasteiger partial charge in [-0.05, 0) is 88.6 Å². The molecule has 4 rings (SSSR count). The lowest BCUT2D eigenvalue weighted by Crippen LogP contribution is -2.26. The van der Waals surface area contributed by atoms with Crippen molar-refractivity contribution in [3.05, 3.63) is 69.8 Å². The van der Waals surface area contributed by atoms with Crippen molar-refractivity contribution in [3.8, 4) is 5.69 Å². The highest BCUT2D eigenvalue weighted by Gasteiger charge is 2.24. The maximum Gasteiger partial charge on any atom is 0.265 e. The average Bonchev–Trinajstić information content (AvgIpc) is 3.53. The third-order valence-corrected chi connectivity index (χ3v) is 5.54. The molecule has 0 radical (unpaired) electrons. The van der Waals surface area contributed by atoms with Crippen molar-refractivity contribution >= 4 is 29.2 Å². The Morgan fingerprint density at radius 2 is 1.97 bits per heavy atom. The van der Waals surface area contributed by atoms with Crippen molar-refractivity contribution in [2.45, 2.75) is 38.6 Å². The zero-order chi connectivity index (χ0) is 21.3. The molecule has 164 valence electrons. The van der Waals surface area contributed by atoms with Gasteiger partial charge in [0.2, 0.25) is 0 Å². The topological polar surface area (TPSA) is 67.2 Å². The molecule has 1 N–H and O–H groups in total. The first-order chi connectivity index (χ1) is 14.4. The van der Waals surface area contributed by atoms with Crippen LogP contribution in [0.25, 0.3) is 16.6 Å². The molecule has 0 unspecified atom stereocenters. The van der Waals surface area contributed by atoms with E-state index < -0.39 is 0 Å². The van der Waals surface area contributed by atoms with Crippen molar-refractivity contribution in [3.63, 3.8) is 0 Å². The molecule has 1 fully saturated rings. The van der Waals surface area contributed by atoms with E-state index in [0.29, 0.717) is 28.2 Å². The van der Waals surface area contributed by atoms with Crippen LogP contribution >= 0.6 is 12.4 Å². The first-order valence-electron chi connectivity index (χ1n) is 10.5. The summed E-state index contributed by atoms with van der Waals surface area (Å²) >= 11 is 0. The molecule has 1 saturated carbocycles. The Morgan fingerprint density at radius 3 is 2.68 bits per heavy atom. The summed E-state index contributed by atoms with van der Waals surface area (Å²) < 4.78 is 1.55. The Labute approximate surface area is 188 Å². The van der Waals surface area contributed by atoms with Crippen LogP contribution in [0.4, 0.5) is 0 Å². The summed E-state index contributed by atoms with van der Waals surface area (Å²) in [5, 5.41) is 3.61. The van der Waals surface area contributed by atoms with Crippen LogP contribution in [0.3, 0.4) is 0 Å². The molecule has 0 saturated heterocycles. The molecule has 31 heavy (non-hydrogen) atoms. The van der Waals surface area contributed by atoms with Crippen LogP contribution in [-0.4, -0.2) is 47.0 Å². The molecule has 1 aliphatic rings. The van der Waals surface area contributed by atoms with Gasteiger partial charge < -0.3 is 10.2 Å². The Bertz CT molecular complexity index is 1150. The van der Waals surface area contributed by atoms with E-state index in [1.807, 2.05) is 31.2 Å². The van der Waals surface area contributed by atoms with E-state index in [9.17, 15) is 9.59 Å². The second-order valence-electron chi connectivity index (χ2n) is 8.43. The van der Waals surface area contributed by atoms with Crippen LogP contribution in [0.2, 0.25) is 0 Å². The van der Waals surface area contributed by atoms with Crippen LogP contribution in [0.5, 0.6) is 0 Å². The van der Waals surface area contributed by atoms with E-state index in [-0.39, 0.29) is 23.9 Å². The minimum atomic E-state index is -0.114. The maximum atomic E-state index is 13.3. The second-order valence-corrected chi connectivity index (χ2v) is 8.43. The predicted octanol–water partition coefficient (Wildman–Crippen LogP) is 3.50. The number of fused-ring (bicyclic) bond motifs is 1. The number of rotatable bonds is 7. The molecule has 3 aromatic rings. The molecule has 7 heteroatoms. The van der Waals surface area contributed by atoms with Gasteiger partial charge in [-0.25, -0.2) is 4.98 Å². The molecule has 0 spiro atoms. The quantitative estimate of drug-likeness (QED) is 0.610. The van der Waals surface area contributed by atoms with Crippen molar-refractivity contribution in [1.82, 2.24) is 19.8 Å². The molecule has 2 aromatic carbocycles. The first kappa shape index (κ1) is 23.0. The highest BCUT2D eigenvalue weighted by molar-refractivity contribution is 5.95. The summed E-state index contributed by atoms with van der Waals surface area (Å²) in [4.78, 5) is 32.4. The third-order valence-electron chi connectivity index (χ3n) is 5.54. The Balaban J connectivity index is 0.00000272. The SMILES string of the molecule is Cc1ccc(C(=O)NC2CC2)cc1-n1cnc2ccc(CCCN(C)C)cc2c1=O.Cl. The largest absolute Gasteiger partial charge is 0.349 e. The van der Waals surface area contributed by atoms with Crippen LogP contribution in [-0.2, 0) is 6.42 Å². The fourth-order valence-corrected chi connectivity index (χ4v) is 3.60. The van der Waals surface area contributed by atoms with E-state index in [1.165, 1.54) is 0 Å². The Kier molecular flexibility index (Phi) is 7.13. The summed E-state index contributed by atoms with van der Waals surface area (Å²) in [6.07, 6.45) is 5.58. The first-order valence-corrected chi connectivity index (χ1v) is 10.5. The lowest BCUT2D eigenvalue weighted by Gasteiger charge is -2.13. The van der Waals surface area contributed by atoms with E-state index >= 15 is 0 Å². The standard InChI is InChI=1S/C24H28N4O2.ClH/c1-16-6-8-18(23(29)26-19-9-10-19)14-22(16)28-15-25-21-11-7-17(5-4-12-27(2)3)13-20(21)24(28)30;/h6-8,11,13-15,19H,4-5,9-10,12H2,1-3H3,(H,26,29);1H. The lowest BCUT2D eigenvalue weighted by atomic mass is 10.1. The molecular formula is C24H29ClN4O2. The van der Waals surface area contributed by atoms with Gasteiger partial charge in [0.25, 0.3) is 11.5 Å². The van der Waals surface area contributed by atoms with E-state index in [0.717, 1.165) is 43.4 Å². The van der Waals surface area contributed by atoms with E-state index in [1.54, 1.807) is 23.0 Å². The fourth-order valence-electron chi connectivity index (χ4n) is 3.60. The minimum absolute atomic E-state index is 0. The number of hydrogen-bond donors (Lipinski definition) is 1. The lowest BCUT2D eigenvalue weighted by molar-refractivity contribution is 0.0951. The molecule has 0 aliphatic heterocycles. The normalized spacial score (nSPS) is 13.3. The van der Waals surface area contributed by atoms with Crippen molar-refractivity contribution in [2.24, 2.45) is 0 Å². The van der Waals surface area contributed by atoms with Gasteiger partial charge >= 0.3 is 0 Å². The van der Waals surface area contributed by atoms with Crippen LogP contribution in [0, 0.1) is 6.92 Å².